The number of piperidine rings is 1. The average Bonchev–Trinajstić information content (AvgIpc) is 2.47. The van der Waals surface area contributed by atoms with Gasteiger partial charge in [-0.15, -0.1) is 0 Å². The van der Waals surface area contributed by atoms with E-state index < -0.39 is 0 Å². The number of hydrogen-bond acceptors (Lipinski definition) is 3. The third-order valence-corrected chi connectivity index (χ3v) is 5.73. The van der Waals surface area contributed by atoms with Crippen molar-refractivity contribution >= 4 is 0 Å². The van der Waals surface area contributed by atoms with Crippen LogP contribution in [0.15, 0.2) is 0 Å². The minimum atomic E-state index is 0.275. The zero-order chi connectivity index (χ0) is 13.9. The molecule has 2 rings (SSSR count). The first-order chi connectivity index (χ1) is 9.11. The molecular weight excluding hydrogens is 236 g/mol. The fraction of sp³-hybridized carbons (Fsp3) is 1.00. The quantitative estimate of drug-likeness (QED) is 0.852. The predicted molar refractivity (Wildman–Crippen MR) is 80.2 cm³/mol. The van der Waals surface area contributed by atoms with Gasteiger partial charge in [-0.3, -0.25) is 4.90 Å². The smallest absolute Gasteiger partial charge is 0.0572 e. The minimum absolute atomic E-state index is 0.275. The number of nitrogens with zero attached hydrogens (tertiary/aromatic N) is 1. The highest BCUT2D eigenvalue weighted by Crippen LogP contribution is 2.37. The van der Waals surface area contributed by atoms with Gasteiger partial charge in [0.1, 0.15) is 0 Å². The van der Waals surface area contributed by atoms with E-state index in [1.54, 1.807) is 0 Å². The van der Waals surface area contributed by atoms with Crippen LogP contribution in [0.2, 0.25) is 0 Å². The molecule has 1 heterocycles. The van der Waals surface area contributed by atoms with Crippen LogP contribution in [0.5, 0.6) is 0 Å². The van der Waals surface area contributed by atoms with E-state index in [-0.39, 0.29) is 5.54 Å². The second-order valence-corrected chi connectivity index (χ2v) is 6.93. The molecule has 3 heteroatoms. The Labute approximate surface area is 118 Å². The van der Waals surface area contributed by atoms with Crippen molar-refractivity contribution in [3.8, 4) is 0 Å². The maximum absolute atomic E-state index is 6.17. The standard InChI is InChI=1S/C16H32N2O/c1-13(2)14-6-10-18(11-7-14)16(12-17)8-4-15(19-3)5-9-16/h13-15H,4-12,17H2,1-3H3. The lowest BCUT2D eigenvalue weighted by atomic mass is 9.76. The van der Waals surface area contributed by atoms with Gasteiger partial charge in [-0.2, -0.15) is 0 Å². The van der Waals surface area contributed by atoms with E-state index in [1.165, 1.54) is 51.6 Å². The van der Waals surface area contributed by atoms with Gasteiger partial charge in [-0.1, -0.05) is 13.8 Å². The lowest BCUT2D eigenvalue weighted by Gasteiger charge is -2.50. The number of hydrogen-bond donors (Lipinski definition) is 1. The van der Waals surface area contributed by atoms with Crippen LogP contribution in [0, 0.1) is 11.8 Å². The number of methoxy groups -OCH3 is 1. The van der Waals surface area contributed by atoms with Crippen LogP contribution < -0.4 is 5.73 Å². The van der Waals surface area contributed by atoms with Crippen molar-refractivity contribution in [3.05, 3.63) is 0 Å². The van der Waals surface area contributed by atoms with Crippen molar-refractivity contribution in [1.82, 2.24) is 4.90 Å². The molecule has 112 valence electrons. The number of likely N-dealkylation sites (tertiary alicyclic amines) is 1. The van der Waals surface area contributed by atoms with Crippen LogP contribution >= 0.6 is 0 Å². The van der Waals surface area contributed by atoms with Crippen molar-refractivity contribution < 1.29 is 4.74 Å². The molecule has 0 radical (unpaired) electrons. The first kappa shape index (κ1) is 15.3. The first-order valence-electron chi connectivity index (χ1n) is 8.09. The topological polar surface area (TPSA) is 38.5 Å². The summed E-state index contributed by atoms with van der Waals surface area (Å²) in [5.74, 6) is 1.75. The fourth-order valence-corrected chi connectivity index (χ4v) is 4.05. The molecule has 1 saturated heterocycles. The van der Waals surface area contributed by atoms with Gasteiger partial charge in [0.05, 0.1) is 6.10 Å². The normalized spacial score (nSPS) is 34.9. The summed E-state index contributed by atoms with van der Waals surface area (Å²) in [6, 6.07) is 0. The fourth-order valence-electron chi connectivity index (χ4n) is 4.05. The van der Waals surface area contributed by atoms with Gasteiger partial charge in [0, 0.05) is 19.2 Å². The molecule has 0 aromatic rings. The Balaban J connectivity index is 1.92. The van der Waals surface area contributed by atoms with E-state index in [9.17, 15) is 0 Å². The lowest BCUT2D eigenvalue weighted by molar-refractivity contribution is -0.0231. The Morgan fingerprint density at radius 2 is 1.74 bits per heavy atom. The predicted octanol–water partition coefficient (Wildman–Crippen LogP) is 2.64. The molecule has 1 aliphatic carbocycles. The SMILES string of the molecule is COC1CCC(CN)(N2CCC(C(C)C)CC2)CC1. The summed E-state index contributed by atoms with van der Waals surface area (Å²) in [5.41, 5.74) is 6.44. The summed E-state index contributed by atoms with van der Waals surface area (Å²) < 4.78 is 5.51. The molecule has 0 amide bonds. The molecule has 0 aromatic carbocycles. The van der Waals surface area contributed by atoms with Crippen molar-refractivity contribution in [2.24, 2.45) is 17.6 Å². The molecule has 3 nitrogen and oxygen atoms in total. The highest BCUT2D eigenvalue weighted by atomic mass is 16.5. The van der Waals surface area contributed by atoms with Gasteiger partial charge in [-0.25, -0.2) is 0 Å². The van der Waals surface area contributed by atoms with E-state index in [0.717, 1.165) is 18.4 Å². The largest absolute Gasteiger partial charge is 0.381 e. The van der Waals surface area contributed by atoms with E-state index in [4.69, 9.17) is 10.5 Å². The van der Waals surface area contributed by atoms with Gasteiger partial charge in [0.15, 0.2) is 0 Å². The second kappa shape index (κ2) is 6.55. The second-order valence-electron chi connectivity index (χ2n) is 6.93. The summed E-state index contributed by atoms with van der Waals surface area (Å²) in [5, 5.41) is 0. The van der Waals surface area contributed by atoms with Crippen LogP contribution in [0.3, 0.4) is 0 Å². The number of rotatable bonds is 4. The summed E-state index contributed by atoms with van der Waals surface area (Å²) in [6.07, 6.45) is 7.96. The van der Waals surface area contributed by atoms with Gasteiger partial charge < -0.3 is 10.5 Å². The molecule has 2 fully saturated rings. The summed E-state index contributed by atoms with van der Waals surface area (Å²) >= 11 is 0. The van der Waals surface area contributed by atoms with Crippen molar-refractivity contribution in [1.29, 1.82) is 0 Å². The molecule has 0 bridgehead atoms. The molecule has 0 aromatic heterocycles. The maximum Gasteiger partial charge on any atom is 0.0572 e. The molecule has 1 aliphatic heterocycles. The molecule has 0 atom stereocenters. The van der Waals surface area contributed by atoms with Gasteiger partial charge in [-0.05, 0) is 63.5 Å². The molecule has 19 heavy (non-hydrogen) atoms. The zero-order valence-electron chi connectivity index (χ0n) is 13.0. The molecule has 1 saturated carbocycles. The van der Waals surface area contributed by atoms with Gasteiger partial charge in [0.2, 0.25) is 0 Å². The highest BCUT2D eigenvalue weighted by Gasteiger charge is 2.40. The lowest BCUT2D eigenvalue weighted by Crippen LogP contribution is -2.58. The summed E-state index contributed by atoms with van der Waals surface area (Å²) in [7, 11) is 1.84. The van der Waals surface area contributed by atoms with E-state index in [1.807, 2.05) is 7.11 Å². The maximum atomic E-state index is 6.17. The third-order valence-electron chi connectivity index (χ3n) is 5.73. The van der Waals surface area contributed by atoms with Gasteiger partial charge in [0.25, 0.3) is 0 Å². The molecule has 0 spiro atoms. The van der Waals surface area contributed by atoms with Crippen molar-refractivity contribution in [3.63, 3.8) is 0 Å². The van der Waals surface area contributed by atoms with Crippen LogP contribution in [-0.4, -0.2) is 43.3 Å². The minimum Gasteiger partial charge on any atom is -0.381 e. The monoisotopic (exact) mass is 268 g/mol. The Kier molecular flexibility index (Phi) is 5.27. The molecule has 0 unspecified atom stereocenters. The zero-order valence-corrected chi connectivity index (χ0v) is 13.0. The Morgan fingerprint density at radius 3 is 2.16 bits per heavy atom. The third kappa shape index (κ3) is 3.32. The highest BCUT2D eigenvalue weighted by molar-refractivity contribution is 4.97. The van der Waals surface area contributed by atoms with Crippen LogP contribution in [0.4, 0.5) is 0 Å². The first-order valence-corrected chi connectivity index (χ1v) is 8.09. The summed E-state index contributed by atoms with van der Waals surface area (Å²) in [6.45, 7) is 8.04. The van der Waals surface area contributed by atoms with Crippen LogP contribution in [-0.2, 0) is 4.74 Å². The van der Waals surface area contributed by atoms with E-state index in [0.29, 0.717) is 6.10 Å². The molecule has 2 N–H and O–H groups in total. The average molecular weight is 268 g/mol. The van der Waals surface area contributed by atoms with E-state index in [2.05, 4.69) is 18.7 Å². The Bertz CT molecular complexity index is 264. The summed E-state index contributed by atoms with van der Waals surface area (Å²) in [4.78, 5) is 2.71. The molecular formula is C16H32N2O. The van der Waals surface area contributed by atoms with Crippen molar-refractivity contribution in [2.75, 3.05) is 26.7 Å². The van der Waals surface area contributed by atoms with Gasteiger partial charge >= 0.3 is 0 Å². The Morgan fingerprint density at radius 1 is 1.16 bits per heavy atom. The molecule has 2 aliphatic rings. The number of nitrogens with two attached hydrogens (primary N) is 1. The van der Waals surface area contributed by atoms with E-state index >= 15 is 0 Å². The van der Waals surface area contributed by atoms with Crippen LogP contribution in [0.1, 0.15) is 52.4 Å². The van der Waals surface area contributed by atoms with Crippen molar-refractivity contribution in [2.45, 2.75) is 64.0 Å². The van der Waals surface area contributed by atoms with Crippen LogP contribution in [0.25, 0.3) is 0 Å². The Hall–Kier alpha value is -0.120. The number of ether oxygens (including phenoxy) is 1.